The largest absolute Gasteiger partial charge is 0.383 e. The Morgan fingerprint density at radius 1 is 1.15 bits per heavy atom. The number of anilines is 2. The Kier molecular flexibility index (Phi) is 6.42. The summed E-state index contributed by atoms with van der Waals surface area (Å²) in [7, 11) is 0. The molecule has 1 aliphatic heterocycles. The Balaban J connectivity index is 1.93. The van der Waals surface area contributed by atoms with E-state index in [0.29, 0.717) is 11.3 Å². The van der Waals surface area contributed by atoms with Gasteiger partial charge in [-0.25, -0.2) is 4.79 Å². The third kappa shape index (κ3) is 4.12. The molecule has 174 valence electrons. The van der Waals surface area contributed by atoms with Crippen molar-refractivity contribution in [3.05, 3.63) is 60.3 Å². The maximum absolute atomic E-state index is 13.0. The number of nitrogen functional groups attached to an aromatic ring is 1. The lowest BCUT2D eigenvalue weighted by molar-refractivity contribution is -0.384. The first-order chi connectivity index (χ1) is 15.6. The number of amides is 3. The van der Waals surface area contributed by atoms with Crippen LogP contribution in [0.3, 0.4) is 0 Å². The van der Waals surface area contributed by atoms with Crippen molar-refractivity contribution in [3.8, 4) is 0 Å². The molecule has 13 heteroatoms. The van der Waals surface area contributed by atoms with E-state index in [9.17, 15) is 34.1 Å². The monoisotopic (exact) mass is 458 g/mol. The zero-order valence-corrected chi connectivity index (χ0v) is 18.0. The predicted octanol–water partition coefficient (Wildman–Crippen LogP) is 0.476. The highest BCUT2D eigenvalue weighted by Crippen LogP contribution is 2.27. The Morgan fingerprint density at radius 2 is 1.82 bits per heavy atom. The number of aromatic amines is 1. The number of carbonyl (C=O) groups excluding carboxylic acids is 3. The van der Waals surface area contributed by atoms with Gasteiger partial charge in [0.15, 0.2) is 5.69 Å². The number of aromatic nitrogens is 2. The number of fused-ring (bicyclic) bond motifs is 1. The average molecular weight is 458 g/mol. The quantitative estimate of drug-likeness (QED) is 0.325. The lowest BCUT2D eigenvalue weighted by Gasteiger charge is -2.25. The maximum atomic E-state index is 13.0. The van der Waals surface area contributed by atoms with Gasteiger partial charge in [0.05, 0.1) is 16.1 Å². The molecular weight excluding hydrogens is 436 g/mol. The predicted molar refractivity (Wildman–Crippen MR) is 117 cm³/mol. The molecule has 0 unspecified atom stereocenters. The molecule has 2 heterocycles. The second kappa shape index (κ2) is 9.06. The fourth-order valence-electron chi connectivity index (χ4n) is 3.59. The van der Waals surface area contributed by atoms with E-state index < -0.39 is 40.4 Å². The van der Waals surface area contributed by atoms with Crippen LogP contribution in [-0.4, -0.2) is 50.2 Å². The van der Waals surface area contributed by atoms with Crippen LogP contribution >= 0.6 is 0 Å². The van der Waals surface area contributed by atoms with Gasteiger partial charge in [0.25, 0.3) is 23.1 Å². The molecule has 0 atom stereocenters. The number of H-pyrrole nitrogens is 1. The number of nitro groups is 1. The third-order valence-electron chi connectivity index (χ3n) is 5.30. The highest BCUT2D eigenvalue weighted by molar-refractivity contribution is 6.23. The molecule has 0 aliphatic carbocycles. The highest BCUT2D eigenvalue weighted by Gasteiger charge is 2.39. The molecule has 1 aromatic carbocycles. The van der Waals surface area contributed by atoms with Gasteiger partial charge in [-0.15, -0.1) is 0 Å². The summed E-state index contributed by atoms with van der Waals surface area (Å²) in [6.45, 7) is 2.94. The fraction of sp³-hybridized carbons (Fsp3) is 0.350. The van der Waals surface area contributed by atoms with E-state index in [1.165, 1.54) is 0 Å². The number of hydrogen-bond donors (Lipinski definition) is 2. The summed E-state index contributed by atoms with van der Waals surface area (Å²) in [4.78, 5) is 77.1. The van der Waals surface area contributed by atoms with Crippen LogP contribution in [0.15, 0.2) is 27.8 Å². The van der Waals surface area contributed by atoms with Crippen LogP contribution in [-0.2, 0) is 11.3 Å². The molecular formula is C20H22N6O7. The second-order valence-corrected chi connectivity index (χ2v) is 7.32. The molecule has 0 spiro atoms. The Bertz CT molecular complexity index is 1280. The van der Waals surface area contributed by atoms with Crippen molar-refractivity contribution in [1.82, 2.24) is 14.5 Å². The van der Waals surface area contributed by atoms with Crippen LogP contribution in [0, 0.1) is 10.1 Å². The molecule has 3 N–H and O–H groups in total. The molecule has 13 nitrogen and oxygen atoms in total. The molecule has 2 aromatic rings. The third-order valence-corrected chi connectivity index (χ3v) is 5.30. The number of nitro benzene ring substituents is 1. The second-order valence-electron chi connectivity index (χ2n) is 7.32. The molecule has 0 radical (unpaired) electrons. The number of nitrogens with two attached hydrogens (primary N) is 1. The lowest BCUT2D eigenvalue weighted by Crippen LogP contribution is -2.46. The van der Waals surface area contributed by atoms with Gasteiger partial charge in [-0.1, -0.05) is 13.3 Å². The van der Waals surface area contributed by atoms with Crippen molar-refractivity contribution in [3.63, 3.8) is 0 Å². The van der Waals surface area contributed by atoms with Gasteiger partial charge < -0.3 is 10.6 Å². The molecule has 0 saturated carbocycles. The van der Waals surface area contributed by atoms with Gasteiger partial charge >= 0.3 is 5.69 Å². The summed E-state index contributed by atoms with van der Waals surface area (Å²) in [5, 5.41) is 11.0. The molecule has 0 saturated heterocycles. The van der Waals surface area contributed by atoms with Gasteiger partial charge in [0, 0.05) is 25.2 Å². The summed E-state index contributed by atoms with van der Waals surface area (Å²) in [5.41, 5.74) is 3.59. The van der Waals surface area contributed by atoms with Crippen LogP contribution in [0.25, 0.3) is 0 Å². The van der Waals surface area contributed by atoms with E-state index in [2.05, 4.69) is 4.98 Å². The molecule has 3 rings (SSSR count). The molecule has 1 aliphatic rings. The van der Waals surface area contributed by atoms with Crippen molar-refractivity contribution in [2.45, 2.75) is 33.2 Å². The van der Waals surface area contributed by atoms with Gasteiger partial charge in [0.2, 0.25) is 5.91 Å². The van der Waals surface area contributed by atoms with Gasteiger partial charge in [-0.2, -0.15) is 0 Å². The summed E-state index contributed by atoms with van der Waals surface area (Å²) >= 11 is 0. The van der Waals surface area contributed by atoms with Crippen molar-refractivity contribution in [2.24, 2.45) is 0 Å². The van der Waals surface area contributed by atoms with Crippen LogP contribution in [0.4, 0.5) is 17.2 Å². The Morgan fingerprint density at radius 3 is 2.42 bits per heavy atom. The molecule has 33 heavy (non-hydrogen) atoms. The Hall–Kier alpha value is -4.29. The zero-order valence-electron chi connectivity index (χ0n) is 18.0. The summed E-state index contributed by atoms with van der Waals surface area (Å²) in [6.07, 6.45) is 1.37. The normalized spacial score (nSPS) is 12.7. The number of benzene rings is 1. The fourth-order valence-corrected chi connectivity index (χ4v) is 3.59. The lowest BCUT2D eigenvalue weighted by atomic mass is 10.1. The van der Waals surface area contributed by atoms with Crippen molar-refractivity contribution >= 4 is 34.9 Å². The zero-order chi connectivity index (χ0) is 24.4. The van der Waals surface area contributed by atoms with Crippen LogP contribution in [0.2, 0.25) is 0 Å². The first-order valence-corrected chi connectivity index (χ1v) is 10.2. The minimum absolute atomic E-state index is 0.0350. The van der Waals surface area contributed by atoms with E-state index in [-0.39, 0.29) is 41.4 Å². The number of nitrogens with one attached hydrogen (secondary N) is 1. The first-order valence-electron chi connectivity index (χ1n) is 10.2. The van der Waals surface area contributed by atoms with Crippen LogP contribution in [0.1, 0.15) is 47.4 Å². The van der Waals surface area contributed by atoms with Gasteiger partial charge in [-0.3, -0.25) is 43.7 Å². The van der Waals surface area contributed by atoms with E-state index >= 15 is 0 Å². The smallest absolute Gasteiger partial charge is 0.330 e. The van der Waals surface area contributed by atoms with Crippen molar-refractivity contribution < 1.29 is 19.3 Å². The number of imide groups is 1. The number of carbonyl (C=O) groups is 3. The first kappa shape index (κ1) is 23.4. The standard InChI is InChI=1S/C20H22N6O7/c1-3-5-8-24-16(21)15(17(28)22-20(24)31)23(4-2)14(27)10-25-18(29)12-7-6-11(26(32)33)9-13(12)19(25)30/h6-7,9H,3-5,8,10,21H2,1-2H3,(H,22,28,31). The SMILES string of the molecule is CCCCn1c(N)c(N(CC)C(=O)CN2C(=O)c3ccc([N+](=O)[O-])cc3C2=O)c(=O)[nH]c1=O. The minimum atomic E-state index is -0.876. The number of nitrogens with zero attached hydrogens (tertiary/aromatic N) is 4. The van der Waals surface area contributed by atoms with E-state index in [0.717, 1.165) is 34.1 Å². The van der Waals surface area contributed by atoms with Crippen molar-refractivity contribution in [2.75, 3.05) is 23.7 Å². The Labute approximate surface area is 186 Å². The summed E-state index contributed by atoms with van der Waals surface area (Å²) in [6, 6.07) is 3.22. The maximum Gasteiger partial charge on any atom is 0.330 e. The van der Waals surface area contributed by atoms with Crippen LogP contribution < -0.4 is 21.9 Å². The molecule has 0 bridgehead atoms. The van der Waals surface area contributed by atoms with Crippen molar-refractivity contribution in [1.29, 1.82) is 0 Å². The average Bonchev–Trinajstić information content (AvgIpc) is 3.00. The van der Waals surface area contributed by atoms with E-state index in [4.69, 9.17) is 5.73 Å². The number of hydrogen-bond acceptors (Lipinski definition) is 8. The van der Waals surface area contributed by atoms with Crippen LogP contribution in [0.5, 0.6) is 0 Å². The number of likely N-dealkylation sites (N-methyl/N-ethyl adjacent to an activating group) is 1. The minimum Gasteiger partial charge on any atom is -0.383 e. The molecule has 1 aromatic heterocycles. The number of unbranched alkanes of at least 4 members (excludes halogenated alkanes) is 1. The van der Waals surface area contributed by atoms with E-state index in [1.807, 2.05) is 6.92 Å². The number of non-ortho nitro benzene ring substituents is 1. The highest BCUT2D eigenvalue weighted by atomic mass is 16.6. The molecule has 3 amide bonds. The van der Waals surface area contributed by atoms with Gasteiger partial charge in [-0.05, 0) is 19.4 Å². The summed E-state index contributed by atoms with van der Waals surface area (Å²) in [5.74, 6) is -2.65. The topological polar surface area (TPSA) is 182 Å². The number of rotatable bonds is 8. The molecule has 0 fully saturated rings. The van der Waals surface area contributed by atoms with E-state index in [1.54, 1.807) is 6.92 Å². The van der Waals surface area contributed by atoms with Gasteiger partial charge in [0.1, 0.15) is 12.4 Å². The summed E-state index contributed by atoms with van der Waals surface area (Å²) < 4.78 is 1.15.